The molecule has 1 radical (unpaired) electrons. The van der Waals surface area contributed by atoms with Gasteiger partial charge in [0.05, 0.1) is 0 Å². The Bertz CT molecular complexity index is 211. The monoisotopic (exact) mass is 147 g/mol. The molecule has 0 aliphatic heterocycles. The van der Waals surface area contributed by atoms with Gasteiger partial charge in [0.2, 0.25) is 0 Å². The standard InChI is InChI=1S/C9H9.C2H6/c1-3-9-6-4-5-8(2)7-9;1-2/h4-7H,1H2,2H3;1-2H3. The molecule has 0 heterocycles. The number of rotatable bonds is 1. The quantitative estimate of drug-likeness (QED) is 0.571. The molecular weight excluding hydrogens is 132 g/mol. The Morgan fingerprint density at radius 2 is 1.91 bits per heavy atom. The van der Waals surface area contributed by atoms with Crippen molar-refractivity contribution in [1.29, 1.82) is 0 Å². The van der Waals surface area contributed by atoms with E-state index in [1.54, 1.807) is 0 Å². The van der Waals surface area contributed by atoms with Crippen LogP contribution in [-0.2, 0) is 0 Å². The predicted molar refractivity (Wildman–Crippen MR) is 50.5 cm³/mol. The van der Waals surface area contributed by atoms with E-state index in [1.807, 2.05) is 32.0 Å². The van der Waals surface area contributed by atoms with Gasteiger partial charge in [-0.2, -0.15) is 0 Å². The molecule has 11 heavy (non-hydrogen) atoms. The smallest absolute Gasteiger partial charge is 0.0181 e. The Hall–Kier alpha value is -1.04. The van der Waals surface area contributed by atoms with Crippen molar-refractivity contribution in [3.05, 3.63) is 48.0 Å². The van der Waals surface area contributed by atoms with E-state index in [9.17, 15) is 0 Å². The minimum absolute atomic E-state index is 1.06. The van der Waals surface area contributed by atoms with Gasteiger partial charge in [-0.25, -0.2) is 0 Å². The second-order valence-corrected chi connectivity index (χ2v) is 2.05. The third-order valence-electron chi connectivity index (χ3n) is 1.22. The predicted octanol–water partition coefficient (Wildman–Crippen LogP) is 3.36. The SMILES string of the molecule is C=[C]c1cccc(C)c1.CC. The van der Waals surface area contributed by atoms with E-state index < -0.39 is 0 Å². The Morgan fingerprint density at radius 3 is 2.27 bits per heavy atom. The van der Waals surface area contributed by atoms with E-state index in [1.165, 1.54) is 5.56 Å². The second-order valence-electron chi connectivity index (χ2n) is 2.05. The van der Waals surface area contributed by atoms with E-state index in [4.69, 9.17) is 0 Å². The summed E-state index contributed by atoms with van der Waals surface area (Å²) < 4.78 is 0. The van der Waals surface area contributed by atoms with Crippen molar-refractivity contribution < 1.29 is 0 Å². The molecule has 59 valence electrons. The van der Waals surface area contributed by atoms with Crippen molar-refractivity contribution in [1.82, 2.24) is 0 Å². The van der Waals surface area contributed by atoms with Gasteiger partial charge >= 0.3 is 0 Å². The Labute approximate surface area is 69.6 Å². The fourth-order valence-electron chi connectivity index (χ4n) is 0.755. The first-order chi connectivity index (χ1) is 5.33. The summed E-state index contributed by atoms with van der Waals surface area (Å²) >= 11 is 0. The molecule has 1 aromatic rings. The van der Waals surface area contributed by atoms with Crippen LogP contribution in [0, 0.1) is 13.0 Å². The molecule has 1 rings (SSSR count). The molecule has 0 N–H and O–H groups in total. The van der Waals surface area contributed by atoms with Crippen LogP contribution in [0.25, 0.3) is 0 Å². The van der Waals surface area contributed by atoms with Gasteiger partial charge in [0, 0.05) is 0 Å². The highest BCUT2D eigenvalue weighted by molar-refractivity contribution is 5.26. The Kier molecular flexibility index (Phi) is 5.18. The van der Waals surface area contributed by atoms with Crippen LogP contribution in [0.3, 0.4) is 0 Å². The van der Waals surface area contributed by atoms with Crippen molar-refractivity contribution in [2.75, 3.05) is 0 Å². The van der Waals surface area contributed by atoms with E-state index in [-0.39, 0.29) is 0 Å². The maximum absolute atomic E-state index is 3.55. The van der Waals surface area contributed by atoms with Crippen molar-refractivity contribution >= 4 is 0 Å². The zero-order chi connectivity index (χ0) is 8.69. The third-order valence-corrected chi connectivity index (χ3v) is 1.22. The minimum Gasteiger partial charge on any atom is -0.0906 e. The molecule has 0 bridgehead atoms. The molecule has 0 fully saturated rings. The van der Waals surface area contributed by atoms with Crippen molar-refractivity contribution in [2.24, 2.45) is 0 Å². The van der Waals surface area contributed by atoms with Crippen LogP contribution in [0.5, 0.6) is 0 Å². The van der Waals surface area contributed by atoms with Gasteiger partial charge < -0.3 is 0 Å². The molecule has 0 saturated carbocycles. The summed E-state index contributed by atoms with van der Waals surface area (Å²) in [4.78, 5) is 0. The van der Waals surface area contributed by atoms with Crippen LogP contribution < -0.4 is 0 Å². The molecular formula is C11H15. The molecule has 0 amide bonds. The first-order valence-electron chi connectivity index (χ1n) is 3.92. The Morgan fingerprint density at radius 1 is 1.27 bits per heavy atom. The fraction of sp³-hybridized carbons (Fsp3) is 0.273. The number of hydrogen-bond donors (Lipinski definition) is 0. The summed E-state index contributed by atoms with van der Waals surface area (Å²) in [5.41, 5.74) is 2.32. The molecule has 0 unspecified atom stereocenters. The van der Waals surface area contributed by atoms with Crippen LogP contribution in [0.4, 0.5) is 0 Å². The van der Waals surface area contributed by atoms with Gasteiger partial charge in [-0.1, -0.05) is 50.3 Å². The number of benzene rings is 1. The van der Waals surface area contributed by atoms with Crippen LogP contribution in [0.1, 0.15) is 25.0 Å². The summed E-state index contributed by atoms with van der Waals surface area (Å²) in [6, 6.07) is 8.09. The lowest BCUT2D eigenvalue weighted by Crippen LogP contribution is -1.73. The summed E-state index contributed by atoms with van der Waals surface area (Å²) in [7, 11) is 0. The minimum atomic E-state index is 1.06. The van der Waals surface area contributed by atoms with E-state index >= 15 is 0 Å². The fourth-order valence-corrected chi connectivity index (χ4v) is 0.755. The van der Waals surface area contributed by atoms with Crippen molar-refractivity contribution in [3.63, 3.8) is 0 Å². The first kappa shape index (κ1) is 9.96. The molecule has 1 aromatic carbocycles. The molecule has 0 heteroatoms. The van der Waals surface area contributed by atoms with E-state index in [0.717, 1.165) is 5.56 Å². The van der Waals surface area contributed by atoms with Crippen molar-refractivity contribution in [3.8, 4) is 0 Å². The molecule has 0 spiro atoms. The maximum atomic E-state index is 3.55. The average Bonchev–Trinajstić information content (AvgIpc) is 2.08. The van der Waals surface area contributed by atoms with Gasteiger partial charge in [-0.15, -0.1) is 0 Å². The number of aryl methyl sites for hydroxylation is 1. The maximum Gasteiger partial charge on any atom is -0.0181 e. The zero-order valence-electron chi connectivity index (χ0n) is 7.52. The van der Waals surface area contributed by atoms with Crippen molar-refractivity contribution in [2.45, 2.75) is 20.8 Å². The van der Waals surface area contributed by atoms with E-state index in [0.29, 0.717) is 0 Å². The van der Waals surface area contributed by atoms with Gasteiger partial charge in [-0.05, 0) is 18.6 Å². The largest absolute Gasteiger partial charge is 0.0906 e. The summed E-state index contributed by atoms with van der Waals surface area (Å²) in [6.07, 6.45) is 2.82. The molecule has 0 aromatic heterocycles. The lowest BCUT2D eigenvalue weighted by Gasteiger charge is -1.91. The topological polar surface area (TPSA) is 0 Å². The van der Waals surface area contributed by atoms with Gasteiger partial charge in [-0.3, -0.25) is 0 Å². The highest BCUT2D eigenvalue weighted by Crippen LogP contribution is 2.01. The van der Waals surface area contributed by atoms with Gasteiger partial charge in [0.1, 0.15) is 0 Å². The van der Waals surface area contributed by atoms with Gasteiger partial charge in [0.25, 0.3) is 0 Å². The molecule has 0 nitrogen and oxygen atoms in total. The molecule has 0 saturated heterocycles. The first-order valence-corrected chi connectivity index (χ1v) is 3.92. The molecule has 0 aliphatic rings. The van der Waals surface area contributed by atoms with E-state index in [2.05, 4.69) is 25.6 Å². The zero-order valence-corrected chi connectivity index (χ0v) is 7.52. The lowest BCUT2D eigenvalue weighted by atomic mass is 10.1. The highest BCUT2D eigenvalue weighted by atomic mass is 13.9. The summed E-state index contributed by atoms with van der Waals surface area (Å²) in [5.74, 6) is 0. The summed E-state index contributed by atoms with van der Waals surface area (Å²) in [6.45, 7) is 9.60. The van der Waals surface area contributed by atoms with Crippen LogP contribution in [0.2, 0.25) is 0 Å². The second kappa shape index (κ2) is 5.72. The molecule has 0 atom stereocenters. The average molecular weight is 147 g/mol. The third kappa shape index (κ3) is 3.61. The normalized spacial score (nSPS) is 7.91. The number of hydrogen-bond acceptors (Lipinski definition) is 0. The Balaban J connectivity index is 0.000000461. The highest BCUT2D eigenvalue weighted by Gasteiger charge is 1.83. The van der Waals surface area contributed by atoms with Gasteiger partial charge in [0.15, 0.2) is 0 Å². The summed E-state index contributed by atoms with van der Waals surface area (Å²) in [5, 5.41) is 0. The van der Waals surface area contributed by atoms with Crippen LogP contribution in [0.15, 0.2) is 30.8 Å². The molecule has 0 aliphatic carbocycles. The lowest BCUT2D eigenvalue weighted by molar-refractivity contribution is 1.43. The van der Waals surface area contributed by atoms with Crippen LogP contribution >= 0.6 is 0 Å². The van der Waals surface area contributed by atoms with Crippen LogP contribution in [-0.4, -0.2) is 0 Å².